The molecular weight excluding hydrogens is 222 g/mol. The Hall–Kier alpha value is -1.30. The number of carbonyl (C=O) groups excluding carboxylic acids is 1. The van der Waals surface area contributed by atoms with Crippen LogP contribution in [0.5, 0.6) is 0 Å². The molecule has 1 amide bonds. The average molecular weight is 243 g/mol. The average Bonchev–Trinajstić information content (AvgIpc) is 2.77. The summed E-state index contributed by atoms with van der Waals surface area (Å²) in [7, 11) is 0. The highest BCUT2D eigenvalue weighted by Crippen LogP contribution is 2.15. The molecule has 1 aliphatic heterocycles. The highest BCUT2D eigenvalue weighted by molar-refractivity contribution is 5.90. The monoisotopic (exact) mass is 243 g/mol. The zero-order valence-electron chi connectivity index (χ0n) is 10.3. The minimum atomic E-state index is -0.436. The van der Waals surface area contributed by atoms with Crippen molar-refractivity contribution >= 4 is 11.7 Å². The van der Waals surface area contributed by atoms with Crippen LogP contribution >= 0.6 is 0 Å². The lowest BCUT2D eigenvalue weighted by molar-refractivity contribution is -0.123. The van der Waals surface area contributed by atoms with Gasteiger partial charge in [-0.2, -0.15) is 0 Å². The van der Waals surface area contributed by atoms with Crippen LogP contribution in [0.25, 0.3) is 0 Å². The molecule has 1 aliphatic rings. The summed E-state index contributed by atoms with van der Waals surface area (Å²) in [6, 6.07) is -0.436. The summed E-state index contributed by atoms with van der Waals surface area (Å²) in [5.74, 6) is -0.0257. The molecule has 2 unspecified atom stereocenters. The van der Waals surface area contributed by atoms with E-state index in [9.17, 15) is 4.79 Å². The summed E-state index contributed by atoms with van der Waals surface area (Å²) in [4.78, 5) is 11.8. The van der Waals surface area contributed by atoms with Gasteiger partial charge in [-0.05, 0) is 18.8 Å². The van der Waals surface area contributed by atoms with Crippen LogP contribution in [0.4, 0.5) is 0 Å². The molecule has 17 heavy (non-hydrogen) atoms. The molecule has 1 saturated heterocycles. The Morgan fingerprint density at radius 3 is 2.82 bits per heavy atom. The Morgan fingerprint density at radius 2 is 2.35 bits per heavy atom. The Balaban J connectivity index is 2.46. The van der Waals surface area contributed by atoms with E-state index in [0.717, 1.165) is 19.4 Å². The van der Waals surface area contributed by atoms with E-state index in [4.69, 9.17) is 15.7 Å². The highest BCUT2D eigenvalue weighted by Gasteiger charge is 2.24. The molecule has 4 N–H and O–H groups in total. The number of carbonyl (C=O) groups is 1. The minimum absolute atomic E-state index is 0.00935. The van der Waals surface area contributed by atoms with Crippen LogP contribution in [0, 0.1) is 5.92 Å². The van der Waals surface area contributed by atoms with Crippen molar-refractivity contribution in [3.8, 4) is 0 Å². The van der Waals surface area contributed by atoms with Crippen LogP contribution in [-0.4, -0.2) is 35.7 Å². The van der Waals surface area contributed by atoms with Gasteiger partial charge in [0, 0.05) is 6.61 Å². The first kappa shape index (κ1) is 13.8. The second-order valence-electron chi connectivity index (χ2n) is 4.65. The van der Waals surface area contributed by atoms with Crippen molar-refractivity contribution in [2.75, 3.05) is 6.61 Å². The molecule has 1 rings (SSSR count). The Kier molecular flexibility index (Phi) is 5.21. The van der Waals surface area contributed by atoms with Gasteiger partial charge in [0.1, 0.15) is 0 Å². The molecule has 0 aliphatic carbocycles. The van der Waals surface area contributed by atoms with E-state index >= 15 is 0 Å². The molecule has 6 heteroatoms. The molecule has 0 spiro atoms. The van der Waals surface area contributed by atoms with Crippen LogP contribution in [0.2, 0.25) is 0 Å². The maximum absolute atomic E-state index is 11.8. The number of rotatable bonds is 5. The van der Waals surface area contributed by atoms with Crippen LogP contribution < -0.4 is 11.1 Å². The number of ether oxygens (including phenoxy) is 1. The van der Waals surface area contributed by atoms with Gasteiger partial charge in [0.2, 0.25) is 5.91 Å². The van der Waals surface area contributed by atoms with Gasteiger partial charge in [-0.15, -0.1) is 0 Å². The molecule has 2 atom stereocenters. The molecule has 0 radical (unpaired) electrons. The lowest BCUT2D eigenvalue weighted by atomic mass is 10.0. The topological polar surface area (TPSA) is 96.9 Å². The summed E-state index contributed by atoms with van der Waals surface area (Å²) in [5.41, 5.74) is 5.53. The molecule has 0 bridgehead atoms. The first-order valence-electron chi connectivity index (χ1n) is 5.93. The number of oxime groups is 1. The maximum atomic E-state index is 11.8. The fourth-order valence-corrected chi connectivity index (χ4v) is 1.89. The van der Waals surface area contributed by atoms with E-state index in [1.807, 2.05) is 13.8 Å². The number of nitrogens with zero attached hydrogens (tertiary/aromatic N) is 1. The summed E-state index contributed by atoms with van der Waals surface area (Å²) < 4.78 is 5.38. The number of amidine groups is 1. The van der Waals surface area contributed by atoms with Gasteiger partial charge < -0.3 is 21.0 Å². The third kappa shape index (κ3) is 4.22. The van der Waals surface area contributed by atoms with Crippen LogP contribution in [0.1, 0.15) is 33.1 Å². The normalized spacial score (nSPS) is 22.8. The molecule has 98 valence electrons. The van der Waals surface area contributed by atoms with Gasteiger partial charge in [-0.1, -0.05) is 19.0 Å². The third-order valence-electron chi connectivity index (χ3n) is 2.85. The van der Waals surface area contributed by atoms with E-state index in [2.05, 4.69) is 10.5 Å². The summed E-state index contributed by atoms with van der Waals surface area (Å²) in [6.45, 7) is 4.52. The Labute approximate surface area is 101 Å². The van der Waals surface area contributed by atoms with Crippen LogP contribution in [0.15, 0.2) is 5.16 Å². The molecule has 0 aromatic heterocycles. The molecule has 1 heterocycles. The smallest absolute Gasteiger partial charge is 0.223 e. The van der Waals surface area contributed by atoms with Gasteiger partial charge in [-0.3, -0.25) is 4.79 Å². The van der Waals surface area contributed by atoms with Crippen LogP contribution in [0.3, 0.4) is 0 Å². The van der Waals surface area contributed by atoms with Gasteiger partial charge in [-0.25, -0.2) is 0 Å². The first-order chi connectivity index (χ1) is 8.04. The van der Waals surface area contributed by atoms with E-state index in [1.54, 1.807) is 0 Å². The van der Waals surface area contributed by atoms with E-state index in [1.165, 1.54) is 0 Å². The van der Waals surface area contributed by atoms with Crippen molar-refractivity contribution in [2.45, 2.75) is 45.3 Å². The van der Waals surface area contributed by atoms with Crippen molar-refractivity contribution in [2.24, 2.45) is 16.8 Å². The summed E-state index contributed by atoms with van der Waals surface area (Å²) in [5, 5.41) is 14.3. The van der Waals surface area contributed by atoms with Crippen molar-refractivity contribution in [1.82, 2.24) is 5.32 Å². The Morgan fingerprint density at radius 1 is 1.65 bits per heavy atom. The van der Waals surface area contributed by atoms with E-state index in [-0.39, 0.29) is 23.8 Å². The molecule has 0 saturated carbocycles. The standard InChI is InChI=1S/C11H21N3O3/c1-7(2)10(11(12)14-16)13-9(15)6-8-4-3-5-17-8/h7-8,10,16H,3-6H2,1-2H3,(H2,12,14)(H,13,15). The second kappa shape index (κ2) is 6.44. The number of nitrogens with two attached hydrogens (primary N) is 1. The largest absolute Gasteiger partial charge is 0.409 e. The highest BCUT2D eigenvalue weighted by atomic mass is 16.5. The zero-order valence-corrected chi connectivity index (χ0v) is 10.3. The SMILES string of the molecule is CC(C)C(NC(=O)CC1CCCO1)/C(N)=N/O. The molecule has 1 fully saturated rings. The van der Waals surface area contributed by atoms with Crippen molar-refractivity contribution in [3.63, 3.8) is 0 Å². The molecule has 6 nitrogen and oxygen atoms in total. The van der Waals surface area contributed by atoms with Crippen molar-refractivity contribution in [3.05, 3.63) is 0 Å². The number of amides is 1. The van der Waals surface area contributed by atoms with E-state index < -0.39 is 6.04 Å². The Bertz CT molecular complexity index is 286. The van der Waals surface area contributed by atoms with Gasteiger partial charge >= 0.3 is 0 Å². The fourth-order valence-electron chi connectivity index (χ4n) is 1.89. The number of nitrogens with one attached hydrogen (secondary N) is 1. The molecule has 0 aromatic carbocycles. The lowest BCUT2D eigenvalue weighted by Gasteiger charge is -2.21. The second-order valence-corrected chi connectivity index (χ2v) is 4.65. The maximum Gasteiger partial charge on any atom is 0.223 e. The van der Waals surface area contributed by atoms with E-state index in [0.29, 0.717) is 6.42 Å². The van der Waals surface area contributed by atoms with Crippen molar-refractivity contribution in [1.29, 1.82) is 0 Å². The number of hydrogen-bond donors (Lipinski definition) is 3. The summed E-state index contributed by atoms with van der Waals surface area (Å²) in [6.07, 6.45) is 2.27. The fraction of sp³-hybridized carbons (Fsp3) is 0.818. The predicted octanol–water partition coefficient (Wildman–Crippen LogP) is 0.443. The molecular formula is C11H21N3O3. The minimum Gasteiger partial charge on any atom is -0.409 e. The van der Waals surface area contributed by atoms with Crippen molar-refractivity contribution < 1.29 is 14.7 Å². The molecule has 0 aromatic rings. The van der Waals surface area contributed by atoms with Crippen LogP contribution in [-0.2, 0) is 9.53 Å². The first-order valence-corrected chi connectivity index (χ1v) is 5.93. The zero-order chi connectivity index (χ0) is 12.8. The van der Waals surface area contributed by atoms with Gasteiger partial charge in [0.15, 0.2) is 5.84 Å². The van der Waals surface area contributed by atoms with Gasteiger partial charge in [0.05, 0.1) is 18.6 Å². The summed E-state index contributed by atoms with van der Waals surface area (Å²) >= 11 is 0. The third-order valence-corrected chi connectivity index (χ3v) is 2.85. The van der Waals surface area contributed by atoms with Gasteiger partial charge in [0.25, 0.3) is 0 Å². The predicted molar refractivity (Wildman–Crippen MR) is 63.8 cm³/mol. The quantitative estimate of drug-likeness (QED) is 0.282. The number of hydrogen-bond acceptors (Lipinski definition) is 4. The lowest BCUT2D eigenvalue weighted by Crippen LogP contribution is -2.48.